The molecular weight excluding hydrogens is 308 g/mol. The molecule has 1 aromatic heterocycles. The van der Waals surface area contributed by atoms with Gasteiger partial charge in [0.1, 0.15) is 5.56 Å². The number of likely N-dealkylation sites (tertiary alicyclic amines) is 1. The summed E-state index contributed by atoms with van der Waals surface area (Å²) < 4.78 is 4.96. The number of nitrogens with one attached hydrogen (secondary N) is 1. The molecule has 0 spiro atoms. The van der Waals surface area contributed by atoms with Crippen LogP contribution in [0, 0.1) is 0 Å². The quantitative estimate of drug-likeness (QED) is 0.858. The summed E-state index contributed by atoms with van der Waals surface area (Å²) in [5.74, 6) is -0.718. The van der Waals surface area contributed by atoms with Crippen molar-refractivity contribution in [3.05, 3.63) is 33.2 Å². The molecule has 1 fully saturated rings. The Morgan fingerprint density at radius 1 is 1.45 bits per heavy atom. The van der Waals surface area contributed by atoms with Crippen molar-refractivity contribution in [2.75, 3.05) is 13.2 Å². The Morgan fingerprint density at radius 2 is 2.23 bits per heavy atom. The molecule has 0 aromatic carbocycles. The second-order valence-corrected chi connectivity index (χ2v) is 5.65. The Labute approximate surface area is 133 Å². The van der Waals surface area contributed by atoms with Crippen LogP contribution in [0.1, 0.15) is 43.0 Å². The minimum Gasteiger partial charge on any atom is -0.466 e. The van der Waals surface area contributed by atoms with Crippen molar-refractivity contribution < 1.29 is 14.3 Å². The van der Waals surface area contributed by atoms with E-state index in [2.05, 4.69) is 4.98 Å². The number of piperidine rings is 1. The average molecular weight is 327 g/mol. The van der Waals surface area contributed by atoms with Crippen LogP contribution in [0.25, 0.3) is 0 Å². The zero-order valence-electron chi connectivity index (χ0n) is 12.4. The van der Waals surface area contributed by atoms with Crippen LogP contribution in [0.2, 0.25) is 5.02 Å². The third-order valence-corrected chi connectivity index (χ3v) is 3.91. The first-order valence-electron chi connectivity index (χ1n) is 7.37. The maximum Gasteiger partial charge on any atom is 0.307 e. The van der Waals surface area contributed by atoms with Crippen molar-refractivity contribution in [1.82, 2.24) is 9.88 Å². The van der Waals surface area contributed by atoms with Gasteiger partial charge in [0.2, 0.25) is 0 Å². The van der Waals surface area contributed by atoms with E-state index >= 15 is 0 Å². The molecular formula is C15H19ClN2O4. The van der Waals surface area contributed by atoms with Crippen molar-refractivity contribution in [1.29, 1.82) is 0 Å². The molecule has 0 unspecified atom stereocenters. The van der Waals surface area contributed by atoms with Crippen LogP contribution in [0.5, 0.6) is 0 Å². The van der Waals surface area contributed by atoms with Gasteiger partial charge >= 0.3 is 5.97 Å². The summed E-state index contributed by atoms with van der Waals surface area (Å²) in [6.45, 7) is 2.58. The average Bonchev–Trinajstić information content (AvgIpc) is 2.50. The van der Waals surface area contributed by atoms with Gasteiger partial charge in [-0.25, -0.2) is 0 Å². The highest BCUT2D eigenvalue weighted by Crippen LogP contribution is 2.22. The van der Waals surface area contributed by atoms with E-state index in [1.165, 1.54) is 12.3 Å². The Balaban J connectivity index is 2.19. The standard InChI is InChI=1S/C15H19ClN2O4/c1-2-22-13(19)8-11-5-3-4-6-18(11)15(21)12-7-10(16)9-17-14(12)20/h7,9,11H,2-6,8H2,1H3,(H,17,20)/t11-/m1/s1. The van der Waals surface area contributed by atoms with Gasteiger partial charge in [-0.15, -0.1) is 0 Å². The van der Waals surface area contributed by atoms with Gasteiger partial charge in [-0.2, -0.15) is 0 Å². The number of nitrogens with zero attached hydrogens (tertiary/aromatic N) is 1. The molecule has 120 valence electrons. The largest absolute Gasteiger partial charge is 0.466 e. The lowest BCUT2D eigenvalue weighted by molar-refractivity contribution is -0.144. The summed E-state index contributed by atoms with van der Waals surface area (Å²) in [5.41, 5.74) is -0.474. The van der Waals surface area contributed by atoms with E-state index in [1.54, 1.807) is 11.8 Å². The summed E-state index contributed by atoms with van der Waals surface area (Å²) in [6.07, 6.45) is 4.01. The van der Waals surface area contributed by atoms with Crippen LogP contribution in [-0.2, 0) is 9.53 Å². The number of aromatic nitrogens is 1. The number of pyridine rings is 1. The molecule has 1 aliphatic rings. The van der Waals surface area contributed by atoms with Gasteiger partial charge in [0, 0.05) is 18.8 Å². The molecule has 1 aliphatic heterocycles. The summed E-state index contributed by atoms with van der Waals surface area (Å²) in [5, 5.41) is 0.293. The topological polar surface area (TPSA) is 79.5 Å². The van der Waals surface area contributed by atoms with E-state index in [0.29, 0.717) is 18.2 Å². The van der Waals surface area contributed by atoms with Crippen LogP contribution in [-0.4, -0.2) is 41.0 Å². The summed E-state index contributed by atoms with van der Waals surface area (Å²) in [4.78, 5) is 40.2. The molecule has 2 heterocycles. The second-order valence-electron chi connectivity index (χ2n) is 5.22. The van der Waals surface area contributed by atoms with Gasteiger partial charge in [-0.3, -0.25) is 14.4 Å². The molecule has 22 heavy (non-hydrogen) atoms. The molecule has 1 atom stereocenters. The molecule has 6 nitrogen and oxygen atoms in total. The van der Waals surface area contributed by atoms with Crippen molar-refractivity contribution in [2.45, 2.75) is 38.6 Å². The van der Waals surface area contributed by atoms with E-state index in [-0.39, 0.29) is 24.0 Å². The van der Waals surface area contributed by atoms with Crippen LogP contribution >= 0.6 is 11.6 Å². The normalized spacial score (nSPS) is 18.1. The van der Waals surface area contributed by atoms with Crippen LogP contribution in [0.15, 0.2) is 17.1 Å². The number of carbonyl (C=O) groups is 2. The van der Waals surface area contributed by atoms with Gasteiger partial charge in [-0.05, 0) is 32.3 Å². The van der Waals surface area contributed by atoms with Gasteiger partial charge in [0.25, 0.3) is 11.5 Å². The number of ether oxygens (including phenoxy) is 1. The zero-order chi connectivity index (χ0) is 16.1. The van der Waals surface area contributed by atoms with E-state index in [1.807, 2.05) is 0 Å². The van der Waals surface area contributed by atoms with E-state index in [0.717, 1.165) is 19.3 Å². The first-order chi connectivity index (χ1) is 10.5. The number of H-pyrrole nitrogens is 1. The first kappa shape index (κ1) is 16.5. The number of amides is 1. The molecule has 0 saturated carbocycles. The molecule has 2 rings (SSSR count). The summed E-state index contributed by atoms with van der Waals surface area (Å²) in [7, 11) is 0. The lowest BCUT2D eigenvalue weighted by atomic mass is 9.98. The molecule has 0 bridgehead atoms. The van der Waals surface area contributed by atoms with Crippen molar-refractivity contribution in [2.24, 2.45) is 0 Å². The first-order valence-corrected chi connectivity index (χ1v) is 7.75. The molecule has 1 N–H and O–H groups in total. The highest BCUT2D eigenvalue weighted by atomic mass is 35.5. The molecule has 1 amide bonds. The van der Waals surface area contributed by atoms with Gasteiger partial charge in [-0.1, -0.05) is 11.6 Å². The monoisotopic (exact) mass is 326 g/mol. The van der Waals surface area contributed by atoms with Crippen LogP contribution in [0.4, 0.5) is 0 Å². The third kappa shape index (κ3) is 3.88. The predicted molar refractivity (Wildman–Crippen MR) is 82.0 cm³/mol. The minimum absolute atomic E-state index is 0.00302. The van der Waals surface area contributed by atoms with Gasteiger partial charge < -0.3 is 14.6 Å². The highest BCUT2D eigenvalue weighted by Gasteiger charge is 2.30. The third-order valence-electron chi connectivity index (χ3n) is 3.69. The Bertz CT molecular complexity index is 614. The molecule has 1 aromatic rings. The fourth-order valence-electron chi connectivity index (χ4n) is 2.66. The van der Waals surface area contributed by atoms with E-state index in [4.69, 9.17) is 16.3 Å². The van der Waals surface area contributed by atoms with Crippen molar-refractivity contribution >= 4 is 23.5 Å². The summed E-state index contributed by atoms with van der Waals surface area (Å²) in [6, 6.07) is 1.12. The van der Waals surface area contributed by atoms with E-state index < -0.39 is 11.5 Å². The molecule has 0 radical (unpaired) electrons. The number of rotatable bonds is 4. The Kier molecular flexibility index (Phi) is 5.60. The van der Waals surface area contributed by atoms with Crippen LogP contribution < -0.4 is 5.56 Å². The smallest absolute Gasteiger partial charge is 0.307 e. The molecule has 0 aliphatic carbocycles. The van der Waals surface area contributed by atoms with E-state index in [9.17, 15) is 14.4 Å². The molecule has 1 saturated heterocycles. The van der Waals surface area contributed by atoms with Gasteiger partial charge in [0.05, 0.1) is 18.1 Å². The maximum atomic E-state index is 12.6. The Hall–Kier alpha value is -1.82. The number of hydrogen-bond donors (Lipinski definition) is 1. The SMILES string of the molecule is CCOC(=O)C[C@H]1CCCCN1C(=O)c1cc(Cl)c[nH]c1=O. The lowest BCUT2D eigenvalue weighted by Gasteiger charge is -2.35. The fraction of sp³-hybridized carbons (Fsp3) is 0.533. The zero-order valence-corrected chi connectivity index (χ0v) is 13.2. The number of aromatic amines is 1. The number of hydrogen-bond acceptors (Lipinski definition) is 4. The number of esters is 1. The fourth-order valence-corrected chi connectivity index (χ4v) is 2.83. The van der Waals surface area contributed by atoms with Crippen molar-refractivity contribution in [3.63, 3.8) is 0 Å². The predicted octanol–water partition coefficient (Wildman–Crippen LogP) is 1.98. The maximum absolute atomic E-state index is 12.6. The second kappa shape index (κ2) is 7.45. The Morgan fingerprint density at radius 3 is 2.95 bits per heavy atom. The highest BCUT2D eigenvalue weighted by molar-refractivity contribution is 6.30. The van der Waals surface area contributed by atoms with Gasteiger partial charge in [0.15, 0.2) is 0 Å². The number of carbonyl (C=O) groups excluding carboxylic acids is 2. The summed E-state index contributed by atoms with van der Waals surface area (Å²) >= 11 is 5.85. The van der Waals surface area contributed by atoms with Crippen molar-refractivity contribution in [3.8, 4) is 0 Å². The van der Waals surface area contributed by atoms with Crippen LogP contribution in [0.3, 0.4) is 0 Å². The minimum atomic E-state index is -0.477. The molecule has 7 heteroatoms. The lowest BCUT2D eigenvalue weighted by Crippen LogP contribution is -2.46. The number of halogens is 1.